The largest absolute Gasteiger partial charge is 0.251 e. The normalized spacial score (nSPS) is 33.8. The molecule has 0 aromatic carbocycles. The van der Waals surface area contributed by atoms with Crippen LogP contribution in [0.5, 0.6) is 0 Å². The van der Waals surface area contributed by atoms with Gasteiger partial charge in [0.05, 0.1) is 0 Å². The summed E-state index contributed by atoms with van der Waals surface area (Å²) >= 11 is 1.78. The lowest BCUT2D eigenvalue weighted by atomic mass is 10.1. The van der Waals surface area contributed by atoms with Crippen LogP contribution in [0.1, 0.15) is 12.8 Å². The zero-order valence-electron chi connectivity index (χ0n) is 5.92. The summed E-state index contributed by atoms with van der Waals surface area (Å²) in [4.78, 5) is 0. The van der Waals surface area contributed by atoms with Gasteiger partial charge in [0.15, 0.2) is 0 Å². The van der Waals surface area contributed by atoms with Crippen LogP contribution in [0.3, 0.4) is 0 Å². The number of nitrogens with one attached hydrogen (secondary N) is 1. The number of nitrogens with zero attached hydrogens (tertiary/aromatic N) is 1. The highest BCUT2D eigenvalue weighted by atomic mass is 32.2. The second-order valence-electron chi connectivity index (χ2n) is 2.73. The smallest absolute Gasteiger partial charge is 0.0285 e. The first-order valence-corrected chi connectivity index (χ1v) is 4.55. The van der Waals surface area contributed by atoms with E-state index in [1.807, 2.05) is 0 Å². The maximum Gasteiger partial charge on any atom is 0.0285 e. The summed E-state index contributed by atoms with van der Waals surface area (Å²) in [6, 6.07) is 0.802. The summed E-state index contributed by atoms with van der Waals surface area (Å²) in [5.41, 5.74) is 0. The summed E-state index contributed by atoms with van der Waals surface area (Å²) in [5.74, 6) is 0. The standard InChI is InChI=1S/C7H12N2S/c1-2-6-9-7(3-1)4-5-8-10-9/h1-2,7-8H,3-6H2. The molecule has 1 N–H and O–H groups in total. The van der Waals surface area contributed by atoms with Crippen LogP contribution >= 0.6 is 12.1 Å². The van der Waals surface area contributed by atoms with Gasteiger partial charge in [0, 0.05) is 31.3 Å². The van der Waals surface area contributed by atoms with Crippen LogP contribution in [0.2, 0.25) is 0 Å². The number of fused-ring (bicyclic) bond motifs is 1. The maximum absolute atomic E-state index is 3.29. The lowest BCUT2D eigenvalue weighted by Crippen LogP contribution is -2.40. The fourth-order valence-electron chi connectivity index (χ4n) is 1.43. The molecule has 1 unspecified atom stereocenters. The van der Waals surface area contributed by atoms with E-state index in [0.29, 0.717) is 0 Å². The molecule has 0 aliphatic carbocycles. The highest BCUT2D eigenvalue weighted by Gasteiger charge is 2.22. The van der Waals surface area contributed by atoms with E-state index in [4.69, 9.17) is 0 Å². The third-order valence-electron chi connectivity index (χ3n) is 2.03. The number of rotatable bonds is 0. The van der Waals surface area contributed by atoms with E-state index < -0.39 is 0 Å². The minimum atomic E-state index is 0.802. The Balaban J connectivity index is 2.01. The Hall–Kier alpha value is 0.01000. The average Bonchev–Trinajstić information content (AvgIpc) is 2.05. The second-order valence-corrected chi connectivity index (χ2v) is 3.68. The van der Waals surface area contributed by atoms with Crippen LogP contribution in [-0.4, -0.2) is 23.4 Å². The molecule has 0 bridgehead atoms. The summed E-state index contributed by atoms with van der Waals surface area (Å²) in [6.07, 6.45) is 7.09. The molecular formula is C7H12N2S. The van der Waals surface area contributed by atoms with Gasteiger partial charge in [-0.2, -0.15) is 0 Å². The van der Waals surface area contributed by atoms with Gasteiger partial charge < -0.3 is 0 Å². The Bertz CT molecular complexity index is 131. The molecule has 1 saturated heterocycles. The molecule has 0 amide bonds. The third-order valence-corrected chi connectivity index (χ3v) is 3.04. The van der Waals surface area contributed by atoms with E-state index >= 15 is 0 Å². The van der Waals surface area contributed by atoms with Gasteiger partial charge in [-0.15, -0.1) is 0 Å². The van der Waals surface area contributed by atoms with Crippen LogP contribution < -0.4 is 4.72 Å². The van der Waals surface area contributed by atoms with Crippen LogP contribution in [0.15, 0.2) is 12.2 Å². The number of hydrogen-bond donors (Lipinski definition) is 1. The van der Waals surface area contributed by atoms with Gasteiger partial charge in [0.2, 0.25) is 0 Å². The quantitative estimate of drug-likeness (QED) is 0.419. The Morgan fingerprint density at radius 2 is 2.50 bits per heavy atom. The van der Waals surface area contributed by atoms with Crippen molar-refractivity contribution in [1.29, 1.82) is 0 Å². The summed E-state index contributed by atoms with van der Waals surface area (Å²) in [5, 5.41) is 0. The van der Waals surface area contributed by atoms with Gasteiger partial charge in [-0.05, 0) is 12.8 Å². The lowest BCUT2D eigenvalue weighted by Gasteiger charge is -2.35. The first-order valence-electron chi connectivity index (χ1n) is 3.78. The minimum absolute atomic E-state index is 0.802. The summed E-state index contributed by atoms with van der Waals surface area (Å²) < 4.78 is 5.71. The molecule has 10 heavy (non-hydrogen) atoms. The Morgan fingerprint density at radius 1 is 1.50 bits per heavy atom. The zero-order chi connectivity index (χ0) is 6.81. The average molecular weight is 156 g/mol. The molecule has 1 fully saturated rings. The van der Waals surface area contributed by atoms with Crippen molar-refractivity contribution in [3.05, 3.63) is 12.2 Å². The molecule has 0 spiro atoms. The third kappa shape index (κ3) is 1.21. The SMILES string of the molecule is C1=CCN2SNCCC2C1. The highest BCUT2D eigenvalue weighted by Crippen LogP contribution is 2.24. The molecule has 0 radical (unpaired) electrons. The van der Waals surface area contributed by atoms with E-state index in [2.05, 4.69) is 21.2 Å². The van der Waals surface area contributed by atoms with Crippen molar-refractivity contribution < 1.29 is 0 Å². The molecule has 2 nitrogen and oxygen atoms in total. The predicted octanol–water partition coefficient (Wildman–Crippen LogP) is 1.17. The minimum Gasteiger partial charge on any atom is -0.251 e. The molecular weight excluding hydrogens is 144 g/mol. The van der Waals surface area contributed by atoms with Gasteiger partial charge >= 0.3 is 0 Å². The van der Waals surface area contributed by atoms with Crippen molar-refractivity contribution >= 4 is 12.1 Å². The van der Waals surface area contributed by atoms with Crippen LogP contribution in [0.4, 0.5) is 0 Å². The number of hydrogen-bond acceptors (Lipinski definition) is 3. The predicted molar refractivity (Wildman–Crippen MR) is 44.5 cm³/mol. The molecule has 56 valence electrons. The first-order chi connectivity index (χ1) is 4.97. The Morgan fingerprint density at radius 3 is 3.40 bits per heavy atom. The van der Waals surface area contributed by atoms with Gasteiger partial charge in [-0.1, -0.05) is 12.2 Å². The summed E-state index contributed by atoms with van der Waals surface area (Å²) in [6.45, 7) is 2.28. The Labute approximate surface area is 65.9 Å². The van der Waals surface area contributed by atoms with Crippen molar-refractivity contribution in [2.75, 3.05) is 13.1 Å². The molecule has 0 saturated carbocycles. The summed E-state index contributed by atoms with van der Waals surface area (Å²) in [7, 11) is 0. The second kappa shape index (κ2) is 2.95. The molecule has 1 atom stereocenters. The van der Waals surface area contributed by atoms with Gasteiger partial charge in [0.1, 0.15) is 0 Å². The van der Waals surface area contributed by atoms with Gasteiger partial charge in [-0.3, -0.25) is 4.72 Å². The molecule has 0 aromatic rings. The molecule has 2 aliphatic heterocycles. The molecule has 2 aliphatic rings. The van der Waals surface area contributed by atoms with E-state index in [1.54, 1.807) is 12.1 Å². The van der Waals surface area contributed by atoms with Crippen molar-refractivity contribution in [3.63, 3.8) is 0 Å². The highest BCUT2D eigenvalue weighted by molar-refractivity contribution is 7.95. The van der Waals surface area contributed by atoms with Crippen LogP contribution in [0, 0.1) is 0 Å². The van der Waals surface area contributed by atoms with E-state index in [-0.39, 0.29) is 0 Å². The van der Waals surface area contributed by atoms with Gasteiger partial charge in [-0.25, -0.2) is 4.31 Å². The van der Waals surface area contributed by atoms with E-state index in [1.165, 1.54) is 19.4 Å². The lowest BCUT2D eigenvalue weighted by molar-refractivity contribution is 0.330. The first kappa shape index (κ1) is 6.70. The van der Waals surface area contributed by atoms with Crippen LogP contribution in [0.25, 0.3) is 0 Å². The van der Waals surface area contributed by atoms with E-state index in [9.17, 15) is 0 Å². The Kier molecular flexibility index (Phi) is 1.97. The molecule has 0 aromatic heterocycles. The van der Waals surface area contributed by atoms with Crippen molar-refractivity contribution in [1.82, 2.24) is 9.03 Å². The zero-order valence-corrected chi connectivity index (χ0v) is 6.73. The fraction of sp³-hybridized carbons (Fsp3) is 0.714. The fourth-order valence-corrected chi connectivity index (χ4v) is 2.30. The maximum atomic E-state index is 3.29. The topological polar surface area (TPSA) is 15.3 Å². The van der Waals surface area contributed by atoms with Crippen molar-refractivity contribution in [2.24, 2.45) is 0 Å². The van der Waals surface area contributed by atoms with Crippen LogP contribution in [-0.2, 0) is 0 Å². The monoisotopic (exact) mass is 156 g/mol. The van der Waals surface area contributed by atoms with Crippen molar-refractivity contribution in [2.45, 2.75) is 18.9 Å². The van der Waals surface area contributed by atoms with Crippen molar-refractivity contribution in [3.8, 4) is 0 Å². The molecule has 2 heterocycles. The molecule has 3 heteroatoms. The van der Waals surface area contributed by atoms with E-state index in [0.717, 1.165) is 12.6 Å². The molecule has 2 rings (SSSR count). The van der Waals surface area contributed by atoms with Gasteiger partial charge in [0.25, 0.3) is 0 Å².